The molecule has 3 atom stereocenters. The van der Waals surface area contributed by atoms with Gasteiger partial charge in [-0.3, -0.25) is 4.79 Å². The first-order valence-electron chi connectivity index (χ1n) is 18.1. The molecule has 0 unspecified atom stereocenters. The molecule has 0 radical (unpaired) electrons. The van der Waals surface area contributed by atoms with E-state index in [9.17, 15) is 17.6 Å². The van der Waals surface area contributed by atoms with Crippen molar-refractivity contribution in [2.75, 3.05) is 70.5 Å². The van der Waals surface area contributed by atoms with E-state index in [0.717, 1.165) is 77.7 Å². The van der Waals surface area contributed by atoms with E-state index < -0.39 is 16.0 Å². The lowest BCUT2D eigenvalue weighted by Crippen LogP contribution is -2.61. The maximum absolute atomic E-state index is 14.5. The summed E-state index contributed by atoms with van der Waals surface area (Å²) < 4.78 is 62.2. The predicted octanol–water partition coefficient (Wildman–Crippen LogP) is 3.43. The zero-order valence-corrected chi connectivity index (χ0v) is 30.0. The van der Waals surface area contributed by atoms with E-state index in [4.69, 9.17) is 14.2 Å². The molecule has 6 heterocycles. The van der Waals surface area contributed by atoms with E-state index in [1.54, 1.807) is 15.4 Å². The number of carbonyl (C=O) groups excluding carboxylic acids is 1. The van der Waals surface area contributed by atoms with Crippen LogP contribution in [0, 0.1) is 11.2 Å². The lowest BCUT2D eigenvalue weighted by Gasteiger charge is -2.54. The number of amides is 1. The number of likely N-dealkylation sites (tertiary alicyclic amines) is 1. The van der Waals surface area contributed by atoms with E-state index in [1.165, 1.54) is 24.5 Å². The Hall–Kier alpha value is -2.95. The summed E-state index contributed by atoms with van der Waals surface area (Å²) in [5, 5.41) is 0. The zero-order valence-electron chi connectivity index (χ0n) is 29.1. The van der Waals surface area contributed by atoms with Gasteiger partial charge in [0.05, 0.1) is 37.1 Å². The van der Waals surface area contributed by atoms with Crippen molar-refractivity contribution >= 4 is 21.9 Å². The van der Waals surface area contributed by atoms with Crippen molar-refractivity contribution in [3.05, 3.63) is 42.1 Å². The minimum Gasteiger partial charge on any atom is -0.451 e. The van der Waals surface area contributed by atoms with Gasteiger partial charge in [-0.1, -0.05) is 0 Å². The van der Waals surface area contributed by atoms with Crippen molar-refractivity contribution in [3.8, 4) is 11.5 Å². The lowest BCUT2D eigenvalue weighted by molar-refractivity contribution is -0.0300. The van der Waals surface area contributed by atoms with Crippen LogP contribution in [0.15, 0.2) is 30.7 Å². The van der Waals surface area contributed by atoms with Crippen LogP contribution in [0.5, 0.6) is 11.5 Å². The van der Waals surface area contributed by atoms with Gasteiger partial charge in [-0.15, -0.1) is 0 Å². The molecule has 1 spiro atoms. The highest BCUT2D eigenvalue weighted by Gasteiger charge is 2.46. The van der Waals surface area contributed by atoms with Crippen LogP contribution >= 0.6 is 0 Å². The minimum atomic E-state index is -3.43. The average Bonchev–Trinajstić information content (AvgIpc) is 3.82. The number of piperidine rings is 1. The molecule has 7 rings (SSSR count). The molecule has 0 bridgehead atoms. The van der Waals surface area contributed by atoms with Gasteiger partial charge in [0, 0.05) is 56.8 Å². The standard InChI is InChI=1S/C35H50FN7O6S/c1-25(2)43(28-9-16-47-21-28)34(44)30-17-26(36)5-8-31(30)49-32-18-37-24-38-33(32)41-22-35(23-41)10-14-40(15-11-35)19-29-7-6-27(20-48-29)39-50(45,46)42-12-3-4-13-42/h5,8,17-18,24-25,27-29,39H,3-4,6-7,9-16,19-23H2,1-2H3/t27-,28-,29+/m1/s1. The maximum atomic E-state index is 14.5. The van der Waals surface area contributed by atoms with Gasteiger partial charge in [0.15, 0.2) is 11.6 Å². The molecule has 1 aromatic heterocycles. The molecule has 2 aromatic rings. The van der Waals surface area contributed by atoms with Gasteiger partial charge >= 0.3 is 0 Å². The number of hydrogen-bond acceptors (Lipinski definition) is 10. The van der Waals surface area contributed by atoms with Crippen LogP contribution in [-0.2, 0) is 19.7 Å². The molecular formula is C35H50FN7O6S. The summed E-state index contributed by atoms with van der Waals surface area (Å²) in [6.45, 7) is 11.1. The average molecular weight is 716 g/mol. The second kappa shape index (κ2) is 15.0. The monoisotopic (exact) mass is 715 g/mol. The summed E-state index contributed by atoms with van der Waals surface area (Å²) in [6, 6.07) is 3.70. The molecule has 5 aliphatic rings. The van der Waals surface area contributed by atoms with Crippen LogP contribution in [0.2, 0.25) is 0 Å². The summed E-state index contributed by atoms with van der Waals surface area (Å²) in [5.74, 6) is 0.550. The Morgan fingerprint density at radius 1 is 1.10 bits per heavy atom. The second-order valence-corrected chi connectivity index (χ2v) is 16.6. The van der Waals surface area contributed by atoms with Gasteiger partial charge in [0.1, 0.15) is 17.9 Å². The molecule has 15 heteroatoms. The molecule has 5 aliphatic heterocycles. The van der Waals surface area contributed by atoms with E-state index in [0.29, 0.717) is 44.5 Å². The Kier molecular flexibility index (Phi) is 10.6. The van der Waals surface area contributed by atoms with Crippen LogP contribution in [0.1, 0.15) is 69.2 Å². The first-order chi connectivity index (χ1) is 24.1. The Morgan fingerprint density at radius 2 is 1.88 bits per heavy atom. The third-order valence-corrected chi connectivity index (χ3v) is 12.6. The van der Waals surface area contributed by atoms with Gasteiger partial charge in [-0.05, 0) is 90.1 Å². The Balaban J connectivity index is 0.921. The minimum absolute atomic E-state index is 0.0755. The summed E-state index contributed by atoms with van der Waals surface area (Å²) in [4.78, 5) is 29.0. The number of nitrogens with zero attached hydrogens (tertiary/aromatic N) is 6. The zero-order chi connectivity index (χ0) is 34.9. The van der Waals surface area contributed by atoms with Crippen molar-refractivity contribution < 1.29 is 31.8 Å². The quantitative estimate of drug-likeness (QED) is 0.370. The van der Waals surface area contributed by atoms with Crippen LogP contribution in [-0.4, -0.2) is 128 Å². The van der Waals surface area contributed by atoms with Crippen LogP contribution in [0.25, 0.3) is 0 Å². The van der Waals surface area contributed by atoms with Gasteiger partial charge in [-0.25, -0.2) is 14.4 Å². The highest BCUT2D eigenvalue weighted by molar-refractivity contribution is 7.87. The molecule has 1 N–H and O–H groups in total. The number of hydrogen-bond donors (Lipinski definition) is 1. The van der Waals surface area contributed by atoms with E-state index in [2.05, 4.69) is 24.5 Å². The third kappa shape index (κ3) is 7.77. The highest BCUT2D eigenvalue weighted by atomic mass is 32.2. The van der Waals surface area contributed by atoms with Crippen LogP contribution < -0.4 is 14.4 Å². The SMILES string of the molecule is CC(C)N(C(=O)c1cc(F)ccc1Oc1cncnc1N1CC2(CCN(C[C@@H]3CC[C@@H](NS(=O)(=O)N4CCCC4)CO3)CC2)C1)[C@@H]1CCOC1. The normalized spacial score (nSPS) is 26.0. The van der Waals surface area contributed by atoms with E-state index in [1.807, 2.05) is 13.8 Å². The fourth-order valence-corrected chi connectivity index (χ4v) is 9.68. The molecule has 5 saturated heterocycles. The number of benzene rings is 1. The fourth-order valence-electron chi connectivity index (χ4n) is 8.18. The first kappa shape index (κ1) is 35.5. The molecule has 50 heavy (non-hydrogen) atoms. The summed E-state index contributed by atoms with van der Waals surface area (Å²) in [6.07, 6.45) is 9.53. The van der Waals surface area contributed by atoms with Crippen molar-refractivity contribution in [3.63, 3.8) is 0 Å². The number of ether oxygens (including phenoxy) is 3. The van der Waals surface area contributed by atoms with Crippen molar-refractivity contribution in [2.45, 2.75) is 83.0 Å². The summed E-state index contributed by atoms with van der Waals surface area (Å²) >= 11 is 0. The molecule has 1 aromatic carbocycles. The molecular weight excluding hydrogens is 665 g/mol. The molecule has 0 saturated carbocycles. The van der Waals surface area contributed by atoms with Gasteiger partial charge in [0.2, 0.25) is 0 Å². The van der Waals surface area contributed by atoms with E-state index in [-0.39, 0.29) is 46.9 Å². The Bertz CT molecular complexity index is 1600. The number of halogens is 1. The largest absolute Gasteiger partial charge is 0.451 e. The van der Waals surface area contributed by atoms with Crippen molar-refractivity contribution in [1.82, 2.24) is 28.8 Å². The number of rotatable bonds is 11. The Labute approximate surface area is 294 Å². The molecule has 5 fully saturated rings. The van der Waals surface area contributed by atoms with Crippen molar-refractivity contribution in [1.29, 1.82) is 0 Å². The summed E-state index contributed by atoms with van der Waals surface area (Å²) in [7, 11) is -3.43. The topological polar surface area (TPSA) is 130 Å². The number of aromatic nitrogens is 2. The third-order valence-electron chi connectivity index (χ3n) is 11.0. The Morgan fingerprint density at radius 3 is 2.56 bits per heavy atom. The number of carbonyl (C=O) groups is 1. The lowest BCUT2D eigenvalue weighted by atomic mass is 9.72. The van der Waals surface area contributed by atoms with E-state index >= 15 is 0 Å². The van der Waals surface area contributed by atoms with Crippen LogP contribution in [0.3, 0.4) is 0 Å². The molecule has 0 aliphatic carbocycles. The summed E-state index contributed by atoms with van der Waals surface area (Å²) in [5.41, 5.74) is 0.345. The van der Waals surface area contributed by atoms with Crippen LogP contribution in [0.4, 0.5) is 10.2 Å². The molecule has 1 amide bonds. The smallest absolute Gasteiger partial charge is 0.279 e. The maximum Gasteiger partial charge on any atom is 0.279 e. The fraction of sp³-hybridized carbons (Fsp3) is 0.686. The molecule has 13 nitrogen and oxygen atoms in total. The molecule has 274 valence electrons. The van der Waals surface area contributed by atoms with Gasteiger partial charge in [-0.2, -0.15) is 17.4 Å². The first-order valence-corrected chi connectivity index (χ1v) is 19.6. The van der Waals surface area contributed by atoms with Crippen molar-refractivity contribution in [2.24, 2.45) is 5.41 Å². The predicted molar refractivity (Wildman–Crippen MR) is 185 cm³/mol. The number of nitrogens with one attached hydrogen (secondary N) is 1. The number of anilines is 1. The van der Waals surface area contributed by atoms with Gasteiger partial charge < -0.3 is 28.9 Å². The highest BCUT2D eigenvalue weighted by Crippen LogP contribution is 2.45. The second-order valence-electron chi connectivity index (χ2n) is 14.9. The van der Waals surface area contributed by atoms with Gasteiger partial charge in [0.25, 0.3) is 16.1 Å².